The largest absolute Gasteiger partial charge is 0.362 e. The Bertz CT molecular complexity index is 139. The highest BCUT2D eigenvalue weighted by molar-refractivity contribution is 5.92. The van der Waals surface area contributed by atoms with E-state index < -0.39 is 6.29 Å². The van der Waals surface area contributed by atoms with Gasteiger partial charge in [0.05, 0.1) is 6.61 Å². The van der Waals surface area contributed by atoms with E-state index in [2.05, 4.69) is 4.74 Å². The van der Waals surface area contributed by atoms with Gasteiger partial charge in [0.25, 0.3) is 0 Å². The van der Waals surface area contributed by atoms with Crippen molar-refractivity contribution in [1.82, 2.24) is 0 Å². The van der Waals surface area contributed by atoms with E-state index in [4.69, 9.17) is 5.11 Å². The molecule has 0 aromatic carbocycles. The molecule has 0 saturated carbocycles. The zero-order valence-electron chi connectivity index (χ0n) is 4.91. The van der Waals surface area contributed by atoms with Gasteiger partial charge in [-0.15, -0.1) is 0 Å². The molecule has 0 fully saturated rings. The van der Waals surface area contributed by atoms with Crippen LogP contribution in [0, 0.1) is 0 Å². The van der Waals surface area contributed by atoms with Crippen LogP contribution in [0.15, 0.2) is 12.2 Å². The van der Waals surface area contributed by atoms with Crippen LogP contribution < -0.4 is 0 Å². The first kappa shape index (κ1) is 6.45. The molecule has 0 bridgehead atoms. The molecule has 0 spiro atoms. The van der Waals surface area contributed by atoms with Gasteiger partial charge in [-0.1, -0.05) is 6.08 Å². The SMILES string of the molecule is O=C1C=CCCOC1O. The fraction of sp³-hybridized carbons (Fsp3) is 0.500. The molecule has 0 aromatic heterocycles. The maximum Gasteiger partial charge on any atom is 0.219 e. The fourth-order valence-corrected chi connectivity index (χ4v) is 0.612. The van der Waals surface area contributed by atoms with Crippen molar-refractivity contribution in [2.24, 2.45) is 0 Å². The van der Waals surface area contributed by atoms with Crippen LogP contribution in [0.3, 0.4) is 0 Å². The van der Waals surface area contributed by atoms with Crippen molar-refractivity contribution in [3.8, 4) is 0 Å². The molecule has 50 valence electrons. The summed E-state index contributed by atoms with van der Waals surface area (Å²) in [6.45, 7) is 0.420. The lowest BCUT2D eigenvalue weighted by atomic mass is 10.3. The van der Waals surface area contributed by atoms with Gasteiger partial charge in [-0.3, -0.25) is 4.79 Å². The summed E-state index contributed by atoms with van der Waals surface area (Å²) in [6.07, 6.45) is 2.50. The lowest BCUT2D eigenvalue weighted by Crippen LogP contribution is -2.20. The number of carbonyl (C=O) groups is 1. The third kappa shape index (κ3) is 1.62. The van der Waals surface area contributed by atoms with Crippen molar-refractivity contribution in [3.05, 3.63) is 12.2 Å². The Morgan fingerprint density at radius 3 is 3.33 bits per heavy atom. The van der Waals surface area contributed by atoms with Gasteiger partial charge in [0.15, 0.2) is 0 Å². The first-order valence-electron chi connectivity index (χ1n) is 2.81. The normalized spacial score (nSPS) is 28.1. The molecular formula is C6H8O3. The number of aliphatic hydroxyl groups excluding tert-OH is 1. The molecule has 1 aliphatic heterocycles. The Labute approximate surface area is 52.9 Å². The molecule has 3 nitrogen and oxygen atoms in total. The first-order chi connectivity index (χ1) is 4.30. The summed E-state index contributed by atoms with van der Waals surface area (Å²) in [5.41, 5.74) is 0. The van der Waals surface area contributed by atoms with Crippen molar-refractivity contribution in [3.63, 3.8) is 0 Å². The molecule has 0 aromatic rings. The molecule has 0 amide bonds. The molecule has 3 heteroatoms. The highest BCUT2D eigenvalue weighted by Crippen LogP contribution is 1.99. The minimum atomic E-state index is -1.23. The molecular weight excluding hydrogens is 120 g/mol. The molecule has 1 heterocycles. The summed E-state index contributed by atoms with van der Waals surface area (Å²) in [7, 11) is 0. The van der Waals surface area contributed by atoms with Gasteiger partial charge >= 0.3 is 0 Å². The Morgan fingerprint density at radius 1 is 1.78 bits per heavy atom. The van der Waals surface area contributed by atoms with E-state index in [0.717, 1.165) is 0 Å². The monoisotopic (exact) mass is 128 g/mol. The standard InChI is InChI=1S/C6H8O3/c7-5-3-1-2-4-9-6(5)8/h1,3,6,8H,2,4H2. The number of ketones is 1. The second-order valence-electron chi connectivity index (χ2n) is 1.82. The number of carbonyl (C=O) groups excluding carboxylic acids is 1. The third-order valence-corrected chi connectivity index (χ3v) is 1.09. The summed E-state index contributed by atoms with van der Waals surface area (Å²) in [5, 5.41) is 8.73. The second kappa shape index (κ2) is 2.75. The van der Waals surface area contributed by atoms with Crippen LogP contribution in [-0.4, -0.2) is 23.8 Å². The molecule has 9 heavy (non-hydrogen) atoms. The highest BCUT2D eigenvalue weighted by Gasteiger charge is 2.13. The third-order valence-electron chi connectivity index (χ3n) is 1.09. The van der Waals surface area contributed by atoms with E-state index in [9.17, 15) is 4.79 Å². The van der Waals surface area contributed by atoms with Crippen LogP contribution in [0.4, 0.5) is 0 Å². The van der Waals surface area contributed by atoms with Gasteiger partial charge in [-0.25, -0.2) is 0 Å². The number of rotatable bonds is 0. The minimum Gasteiger partial charge on any atom is -0.362 e. The zero-order valence-corrected chi connectivity index (χ0v) is 4.91. The van der Waals surface area contributed by atoms with Crippen LogP contribution in [0.25, 0.3) is 0 Å². The predicted octanol–water partition coefficient (Wildman–Crippen LogP) is -0.150. The topological polar surface area (TPSA) is 46.5 Å². The van der Waals surface area contributed by atoms with E-state index >= 15 is 0 Å². The van der Waals surface area contributed by atoms with Crippen LogP contribution in [0.2, 0.25) is 0 Å². The predicted molar refractivity (Wildman–Crippen MR) is 30.7 cm³/mol. The van der Waals surface area contributed by atoms with Gasteiger partial charge in [0.2, 0.25) is 12.1 Å². The van der Waals surface area contributed by atoms with E-state index in [1.807, 2.05) is 0 Å². The second-order valence-corrected chi connectivity index (χ2v) is 1.82. The van der Waals surface area contributed by atoms with Gasteiger partial charge in [-0.05, 0) is 12.5 Å². The molecule has 1 rings (SSSR count). The van der Waals surface area contributed by atoms with Gasteiger partial charge < -0.3 is 9.84 Å². The molecule has 0 saturated heterocycles. The summed E-state index contributed by atoms with van der Waals surface area (Å²) in [5.74, 6) is -0.368. The van der Waals surface area contributed by atoms with E-state index in [-0.39, 0.29) is 5.78 Å². The number of ether oxygens (including phenoxy) is 1. The van der Waals surface area contributed by atoms with Gasteiger partial charge in [-0.2, -0.15) is 0 Å². The van der Waals surface area contributed by atoms with Gasteiger partial charge in [0.1, 0.15) is 0 Å². The number of aliphatic hydroxyl groups is 1. The van der Waals surface area contributed by atoms with Crippen molar-refractivity contribution in [2.45, 2.75) is 12.7 Å². The number of hydrogen-bond acceptors (Lipinski definition) is 3. The van der Waals surface area contributed by atoms with E-state index in [1.54, 1.807) is 6.08 Å². The highest BCUT2D eigenvalue weighted by atomic mass is 16.6. The summed E-state index contributed by atoms with van der Waals surface area (Å²) < 4.78 is 4.66. The van der Waals surface area contributed by atoms with E-state index in [0.29, 0.717) is 13.0 Å². The maximum absolute atomic E-state index is 10.6. The average molecular weight is 128 g/mol. The molecule has 1 aliphatic rings. The Morgan fingerprint density at radius 2 is 2.56 bits per heavy atom. The van der Waals surface area contributed by atoms with E-state index in [1.165, 1.54) is 6.08 Å². The van der Waals surface area contributed by atoms with Crippen LogP contribution in [-0.2, 0) is 9.53 Å². The molecule has 1 unspecified atom stereocenters. The molecule has 1 atom stereocenters. The van der Waals surface area contributed by atoms with Crippen molar-refractivity contribution in [1.29, 1.82) is 0 Å². The molecule has 0 radical (unpaired) electrons. The maximum atomic E-state index is 10.6. The first-order valence-corrected chi connectivity index (χ1v) is 2.81. The molecule has 0 aliphatic carbocycles. The molecule has 1 N–H and O–H groups in total. The lowest BCUT2D eigenvalue weighted by Gasteiger charge is -2.03. The van der Waals surface area contributed by atoms with Crippen molar-refractivity contribution < 1.29 is 14.6 Å². The smallest absolute Gasteiger partial charge is 0.219 e. The summed E-state index contributed by atoms with van der Waals surface area (Å²) in [4.78, 5) is 10.6. The Balaban J connectivity index is 2.57. The Hall–Kier alpha value is -0.670. The van der Waals surface area contributed by atoms with Crippen molar-refractivity contribution in [2.75, 3.05) is 6.61 Å². The lowest BCUT2D eigenvalue weighted by molar-refractivity contribution is -0.149. The quantitative estimate of drug-likeness (QED) is 0.493. The average Bonchev–Trinajstić information content (AvgIpc) is 1.99. The summed E-state index contributed by atoms with van der Waals surface area (Å²) >= 11 is 0. The van der Waals surface area contributed by atoms with Crippen LogP contribution in [0.1, 0.15) is 6.42 Å². The zero-order chi connectivity index (χ0) is 6.69. The Kier molecular flexibility index (Phi) is 1.97. The summed E-state index contributed by atoms with van der Waals surface area (Å²) in [6, 6.07) is 0. The fourth-order valence-electron chi connectivity index (χ4n) is 0.612. The number of hydrogen-bond donors (Lipinski definition) is 1. The minimum absolute atomic E-state index is 0.368. The van der Waals surface area contributed by atoms with Gasteiger partial charge in [0, 0.05) is 0 Å². The van der Waals surface area contributed by atoms with Crippen LogP contribution in [0.5, 0.6) is 0 Å². The van der Waals surface area contributed by atoms with Crippen LogP contribution >= 0.6 is 0 Å². The van der Waals surface area contributed by atoms with Crippen molar-refractivity contribution >= 4 is 5.78 Å².